The lowest BCUT2D eigenvalue weighted by Gasteiger charge is -2.36. The zero-order valence-electron chi connectivity index (χ0n) is 20.1. The van der Waals surface area contributed by atoms with Crippen LogP contribution in [0.1, 0.15) is 43.6 Å². The maximum Gasteiger partial charge on any atom is 0.338 e. The van der Waals surface area contributed by atoms with Crippen LogP contribution in [0.2, 0.25) is 0 Å². The summed E-state index contributed by atoms with van der Waals surface area (Å²) >= 11 is 0. The number of nitrogens with zero attached hydrogens (tertiary/aromatic N) is 2. The van der Waals surface area contributed by atoms with E-state index >= 15 is 0 Å². The SMILES string of the molecule is CC(=O)c1ccc(N2CCN(C(=O)COC(=O)c3ccc(C(=O)c4cccc(O)c4)cc3)CC2)c(F)c1. The lowest BCUT2D eigenvalue weighted by atomic mass is 10.0. The van der Waals surface area contributed by atoms with Gasteiger partial charge in [-0.3, -0.25) is 14.4 Å². The molecular weight excluding hydrogens is 479 g/mol. The van der Waals surface area contributed by atoms with Gasteiger partial charge in [-0.2, -0.15) is 0 Å². The molecule has 1 aliphatic rings. The molecule has 0 atom stereocenters. The van der Waals surface area contributed by atoms with E-state index in [9.17, 15) is 28.7 Å². The Kier molecular flexibility index (Phi) is 7.62. The van der Waals surface area contributed by atoms with Gasteiger partial charge in [-0.25, -0.2) is 9.18 Å². The first kappa shape index (κ1) is 25.6. The van der Waals surface area contributed by atoms with E-state index in [2.05, 4.69) is 0 Å². The molecule has 0 unspecified atom stereocenters. The number of hydrogen-bond acceptors (Lipinski definition) is 7. The van der Waals surface area contributed by atoms with Crippen molar-refractivity contribution in [1.29, 1.82) is 0 Å². The maximum absolute atomic E-state index is 14.4. The van der Waals surface area contributed by atoms with Gasteiger partial charge in [0, 0.05) is 42.9 Å². The Labute approximate surface area is 212 Å². The third kappa shape index (κ3) is 6.00. The molecule has 1 saturated heterocycles. The summed E-state index contributed by atoms with van der Waals surface area (Å²) in [5.41, 5.74) is 1.51. The molecule has 0 aromatic heterocycles. The first-order valence-electron chi connectivity index (χ1n) is 11.7. The second-order valence-corrected chi connectivity index (χ2v) is 8.62. The van der Waals surface area contributed by atoms with E-state index in [4.69, 9.17) is 4.74 Å². The van der Waals surface area contributed by atoms with Gasteiger partial charge in [0.25, 0.3) is 5.91 Å². The molecule has 190 valence electrons. The number of benzene rings is 3. The monoisotopic (exact) mass is 504 g/mol. The molecule has 3 aromatic carbocycles. The van der Waals surface area contributed by atoms with Gasteiger partial charge in [-0.05, 0) is 49.4 Å². The Morgan fingerprint density at radius 1 is 0.838 bits per heavy atom. The lowest BCUT2D eigenvalue weighted by molar-refractivity contribution is -0.134. The Morgan fingerprint density at radius 3 is 2.11 bits per heavy atom. The summed E-state index contributed by atoms with van der Waals surface area (Å²) in [4.78, 5) is 52.2. The number of piperazine rings is 1. The van der Waals surface area contributed by atoms with Gasteiger partial charge < -0.3 is 19.6 Å². The van der Waals surface area contributed by atoms with Crippen LogP contribution >= 0.6 is 0 Å². The van der Waals surface area contributed by atoms with Gasteiger partial charge >= 0.3 is 5.97 Å². The number of amides is 1. The number of ketones is 2. The summed E-state index contributed by atoms with van der Waals surface area (Å²) in [5.74, 6) is -2.09. The molecule has 1 aliphatic heterocycles. The van der Waals surface area contributed by atoms with Gasteiger partial charge in [0.15, 0.2) is 18.2 Å². The molecule has 3 aromatic rings. The second kappa shape index (κ2) is 11.0. The fourth-order valence-corrected chi connectivity index (χ4v) is 4.05. The molecule has 1 fully saturated rings. The summed E-state index contributed by atoms with van der Waals surface area (Å²) in [5, 5.41) is 9.55. The Morgan fingerprint density at radius 2 is 1.49 bits per heavy atom. The Bertz CT molecular complexity index is 1350. The number of aromatic hydroxyl groups is 1. The van der Waals surface area contributed by atoms with Gasteiger partial charge in [0.05, 0.1) is 11.3 Å². The highest BCUT2D eigenvalue weighted by Gasteiger charge is 2.24. The first-order chi connectivity index (χ1) is 17.7. The minimum Gasteiger partial charge on any atom is -0.508 e. The average molecular weight is 505 g/mol. The third-order valence-corrected chi connectivity index (χ3v) is 6.15. The van der Waals surface area contributed by atoms with Gasteiger partial charge in [0.1, 0.15) is 11.6 Å². The largest absolute Gasteiger partial charge is 0.508 e. The van der Waals surface area contributed by atoms with Crippen molar-refractivity contribution < 1.29 is 33.4 Å². The van der Waals surface area contributed by atoms with Crippen LogP contribution in [0.4, 0.5) is 10.1 Å². The minimum absolute atomic E-state index is 0.0207. The summed E-state index contributed by atoms with van der Waals surface area (Å²) in [6, 6.07) is 16.2. The van der Waals surface area contributed by atoms with E-state index in [1.165, 1.54) is 49.4 Å². The number of carbonyl (C=O) groups excluding carboxylic acids is 4. The molecular formula is C28H25FN2O6. The number of rotatable bonds is 7. The minimum atomic E-state index is -0.698. The van der Waals surface area contributed by atoms with Crippen LogP contribution in [-0.2, 0) is 9.53 Å². The molecule has 0 spiro atoms. The standard InChI is InChI=1S/C28H25FN2O6/c1-18(32)21-9-10-25(24(29)16-21)30-11-13-31(14-12-30)26(34)17-37-28(36)20-7-5-19(6-8-20)27(35)22-3-2-4-23(33)15-22/h2-10,15-16,33H,11-14,17H2,1H3. The van der Waals surface area contributed by atoms with Gasteiger partial charge in [-0.1, -0.05) is 24.3 Å². The Balaban J connectivity index is 1.27. The second-order valence-electron chi connectivity index (χ2n) is 8.62. The predicted octanol–water partition coefficient (Wildman–Crippen LogP) is 3.47. The molecule has 4 rings (SSSR count). The van der Waals surface area contributed by atoms with Crippen molar-refractivity contribution in [2.45, 2.75) is 6.92 Å². The topological polar surface area (TPSA) is 104 Å². The highest BCUT2D eigenvalue weighted by molar-refractivity contribution is 6.09. The highest BCUT2D eigenvalue weighted by Crippen LogP contribution is 2.22. The van der Waals surface area contributed by atoms with Crippen molar-refractivity contribution in [1.82, 2.24) is 4.90 Å². The molecule has 1 N–H and O–H groups in total. The number of phenolic OH excluding ortho intramolecular Hbond substituents is 1. The van der Waals surface area contributed by atoms with E-state index in [0.717, 1.165) is 0 Å². The van der Waals surface area contributed by atoms with Crippen molar-refractivity contribution in [3.63, 3.8) is 0 Å². The number of Topliss-reactive ketones (excluding diaryl/α,β-unsaturated/α-hetero) is 1. The van der Waals surface area contributed by atoms with Gasteiger partial charge in [0.2, 0.25) is 0 Å². The molecule has 0 saturated carbocycles. The van der Waals surface area contributed by atoms with E-state index in [1.54, 1.807) is 34.1 Å². The fraction of sp³-hybridized carbons (Fsp3) is 0.214. The maximum atomic E-state index is 14.4. The molecule has 8 nitrogen and oxygen atoms in total. The van der Waals surface area contributed by atoms with E-state index in [1.807, 2.05) is 0 Å². The van der Waals surface area contributed by atoms with E-state index in [-0.39, 0.29) is 28.8 Å². The van der Waals surface area contributed by atoms with E-state index < -0.39 is 18.4 Å². The molecule has 1 heterocycles. The van der Waals surface area contributed by atoms with Crippen molar-refractivity contribution >= 4 is 29.1 Å². The molecule has 37 heavy (non-hydrogen) atoms. The lowest BCUT2D eigenvalue weighted by Crippen LogP contribution is -2.50. The van der Waals surface area contributed by atoms with Crippen LogP contribution in [-0.4, -0.2) is 66.2 Å². The molecule has 0 aliphatic carbocycles. The number of ether oxygens (including phenoxy) is 1. The van der Waals surface area contributed by atoms with Crippen molar-refractivity contribution in [2.24, 2.45) is 0 Å². The van der Waals surface area contributed by atoms with Crippen LogP contribution in [0.3, 0.4) is 0 Å². The number of carbonyl (C=O) groups is 4. The normalized spacial score (nSPS) is 13.2. The van der Waals surface area contributed by atoms with Crippen molar-refractivity contribution in [2.75, 3.05) is 37.7 Å². The number of halogens is 1. The van der Waals surface area contributed by atoms with E-state index in [0.29, 0.717) is 48.6 Å². The summed E-state index contributed by atoms with van der Waals surface area (Å²) in [6.07, 6.45) is 0. The van der Waals surface area contributed by atoms with Crippen LogP contribution in [0.25, 0.3) is 0 Å². The zero-order chi connectivity index (χ0) is 26.5. The number of hydrogen-bond donors (Lipinski definition) is 1. The smallest absolute Gasteiger partial charge is 0.338 e. The van der Waals surface area contributed by atoms with Crippen molar-refractivity contribution in [3.8, 4) is 5.75 Å². The number of anilines is 1. The van der Waals surface area contributed by atoms with Crippen LogP contribution in [0, 0.1) is 5.82 Å². The number of phenols is 1. The summed E-state index contributed by atoms with van der Waals surface area (Å²) in [7, 11) is 0. The quantitative estimate of drug-likeness (QED) is 0.388. The first-order valence-corrected chi connectivity index (χ1v) is 11.7. The van der Waals surface area contributed by atoms with Crippen LogP contribution in [0.15, 0.2) is 66.7 Å². The Hall–Kier alpha value is -4.53. The zero-order valence-corrected chi connectivity index (χ0v) is 20.1. The predicted molar refractivity (Wildman–Crippen MR) is 133 cm³/mol. The van der Waals surface area contributed by atoms with Crippen molar-refractivity contribution in [3.05, 3.63) is 94.8 Å². The highest BCUT2D eigenvalue weighted by atomic mass is 19.1. The third-order valence-electron chi connectivity index (χ3n) is 6.15. The molecule has 9 heteroatoms. The molecule has 0 radical (unpaired) electrons. The van der Waals surface area contributed by atoms with Crippen LogP contribution < -0.4 is 4.90 Å². The summed E-state index contributed by atoms with van der Waals surface area (Å²) in [6.45, 7) is 2.38. The van der Waals surface area contributed by atoms with Crippen LogP contribution in [0.5, 0.6) is 5.75 Å². The molecule has 0 bridgehead atoms. The molecule has 1 amide bonds. The number of esters is 1. The summed E-state index contributed by atoms with van der Waals surface area (Å²) < 4.78 is 19.6. The van der Waals surface area contributed by atoms with Gasteiger partial charge in [-0.15, -0.1) is 0 Å². The average Bonchev–Trinajstić information content (AvgIpc) is 2.91. The fourth-order valence-electron chi connectivity index (χ4n) is 4.05.